The van der Waals surface area contributed by atoms with Gasteiger partial charge >= 0.3 is 0 Å². The number of allylic oxidation sites excluding steroid dienone is 1. The van der Waals surface area contributed by atoms with Gasteiger partial charge in [0.1, 0.15) is 11.7 Å². The summed E-state index contributed by atoms with van der Waals surface area (Å²) in [6, 6.07) is 12.6. The summed E-state index contributed by atoms with van der Waals surface area (Å²) in [4.78, 5) is 26.6. The summed E-state index contributed by atoms with van der Waals surface area (Å²) in [6.45, 7) is 3.79. The number of hydrogen-bond donors (Lipinski definition) is 1. The lowest BCUT2D eigenvalue weighted by atomic mass is 9.88. The molecule has 5 nitrogen and oxygen atoms in total. The van der Waals surface area contributed by atoms with Gasteiger partial charge in [-0.2, -0.15) is 0 Å². The first-order valence-electron chi connectivity index (χ1n) is 13.0. The Bertz CT molecular complexity index is 1110. The molecule has 39 heavy (non-hydrogen) atoms. The number of unbranched alkanes of at least 4 members (excludes halogenated alkanes) is 1. The van der Waals surface area contributed by atoms with E-state index in [9.17, 15) is 27.2 Å². The van der Waals surface area contributed by atoms with Crippen molar-refractivity contribution in [3.8, 4) is 5.75 Å². The standard InChI is InChI=1S/C29H33ClF4N2O3/c1-2-29(33,34)26(21-9-4-3-5-10-21)28(38)36-15-13-20(14-16-36)8-6-7-17-39-22-11-12-23(24(30)18-22)27(37)35-19-25(31)32/h2-5,9-12,18,20,25-26H,1,6-8,13-17,19H2,(H,35,37)/t26-/m0/s1. The molecule has 1 heterocycles. The van der Waals surface area contributed by atoms with Crippen molar-refractivity contribution in [2.75, 3.05) is 26.2 Å². The van der Waals surface area contributed by atoms with Gasteiger partial charge in [-0.15, -0.1) is 0 Å². The van der Waals surface area contributed by atoms with E-state index in [1.165, 1.54) is 17.0 Å². The van der Waals surface area contributed by atoms with Gasteiger partial charge in [0.05, 0.1) is 23.7 Å². The summed E-state index contributed by atoms with van der Waals surface area (Å²) in [5.74, 6) is -5.31. The number of alkyl halides is 4. The molecule has 1 fully saturated rings. The van der Waals surface area contributed by atoms with E-state index in [1.807, 2.05) is 0 Å². The number of rotatable bonds is 13. The maximum absolute atomic E-state index is 14.7. The molecule has 0 bridgehead atoms. The van der Waals surface area contributed by atoms with Gasteiger partial charge in [0.25, 0.3) is 18.3 Å². The number of carbonyl (C=O) groups is 2. The SMILES string of the molecule is C=CC(F)(F)[C@H](C(=O)N1CCC(CCCCOc2ccc(C(=O)NCC(F)F)c(Cl)c2)CC1)c1ccccc1. The van der Waals surface area contributed by atoms with Crippen LogP contribution in [0.2, 0.25) is 5.02 Å². The average Bonchev–Trinajstić information content (AvgIpc) is 2.92. The highest BCUT2D eigenvalue weighted by Crippen LogP contribution is 2.37. The summed E-state index contributed by atoms with van der Waals surface area (Å²) >= 11 is 6.10. The molecule has 2 amide bonds. The van der Waals surface area contributed by atoms with Gasteiger partial charge in [-0.3, -0.25) is 9.59 Å². The van der Waals surface area contributed by atoms with Crippen molar-refractivity contribution < 1.29 is 31.9 Å². The van der Waals surface area contributed by atoms with E-state index in [2.05, 4.69) is 11.9 Å². The van der Waals surface area contributed by atoms with Gasteiger partial charge in [-0.05, 0) is 61.4 Å². The van der Waals surface area contributed by atoms with Crippen LogP contribution in [0.1, 0.15) is 53.9 Å². The molecule has 0 saturated carbocycles. The van der Waals surface area contributed by atoms with Crippen LogP contribution in [-0.2, 0) is 4.79 Å². The van der Waals surface area contributed by atoms with E-state index in [4.69, 9.17) is 16.3 Å². The van der Waals surface area contributed by atoms with E-state index in [0.29, 0.717) is 37.4 Å². The highest BCUT2D eigenvalue weighted by atomic mass is 35.5. The molecule has 1 saturated heterocycles. The van der Waals surface area contributed by atoms with Crippen molar-refractivity contribution in [1.29, 1.82) is 0 Å². The summed E-state index contributed by atoms with van der Waals surface area (Å²) in [5.41, 5.74) is 0.373. The lowest BCUT2D eigenvalue weighted by Gasteiger charge is -2.36. The number of benzene rings is 2. The van der Waals surface area contributed by atoms with Gasteiger partial charge < -0.3 is 15.0 Å². The maximum Gasteiger partial charge on any atom is 0.281 e. The first-order valence-corrected chi connectivity index (χ1v) is 13.3. The highest BCUT2D eigenvalue weighted by molar-refractivity contribution is 6.34. The fourth-order valence-electron chi connectivity index (χ4n) is 4.68. The van der Waals surface area contributed by atoms with E-state index in [-0.39, 0.29) is 16.1 Å². The zero-order chi connectivity index (χ0) is 28.4. The van der Waals surface area contributed by atoms with Gasteiger partial charge in [0.2, 0.25) is 5.91 Å². The molecular weight excluding hydrogens is 536 g/mol. The number of halogens is 5. The Kier molecular flexibility index (Phi) is 11.2. The predicted molar refractivity (Wildman–Crippen MR) is 143 cm³/mol. The minimum atomic E-state index is -3.35. The third-order valence-corrected chi connectivity index (χ3v) is 7.15. The second-order valence-corrected chi connectivity index (χ2v) is 9.99. The minimum Gasteiger partial charge on any atom is -0.494 e. The predicted octanol–water partition coefficient (Wildman–Crippen LogP) is 6.73. The largest absolute Gasteiger partial charge is 0.494 e. The molecule has 0 spiro atoms. The van der Waals surface area contributed by atoms with Crippen molar-refractivity contribution in [2.24, 2.45) is 5.92 Å². The van der Waals surface area contributed by atoms with Crippen LogP contribution in [-0.4, -0.2) is 55.3 Å². The van der Waals surface area contributed by atoms with Crippen LogP contribution in [0.25, 0.3) is 0 Å². The van der Waals surface area contributed by atoms with E-state index in [0.717, 1.165) is 32.1 Å². The molecule has 0 radical (unpaired) electrons. The third kappa shape index (κ3) is 8.71. The van der Waals surface area contributed by atoms with Crippen molar-refractivity contribution in [3.05, 3.63) is 77.3 Å². The first kappa shape index (κ1) is 30.5. The molecule has 2 aromatic carbocycles. The Morgan fingerprint density at radius 1 is 1.13 bits per heavy atom. The smallest absolute Gasteiger partial charge is 0.281 e. The van der Waals surface area contributed by atoms with E-state index >= 15 is 0 Å². The number of ether oxygens (including phenoxy) is 1. The van der Waals surface area contributed by atoms with Crippen LogP contribution in [0.4, 0.5) is 17.6 Å². The summed E-state index contributed by atoms with van der Waals surface area (Å²) in [5, 5.41) is 2.22. The molecule has 3 rings (SSSR count). The number of nitrogens with zero attached hydrogens (tertiary/aromatic N) is 1. The Morgan fingerprint density at radius 2 is 1.82 bits per heavy atom. The zero-order valence-electron chi connectivity index (χ0n) is 21.6. The van der Waals surface area contributed by atoms with Crippen LogP contribution in [0, 0.1) is 5.92 Å². The lowest BCUT2D eigenvalue weighted by molar-refractivity contribution is -0.141. The Labute approximate surface area is 231 Å². The van der Waals surface area contributed by atoms with Crippen molar-refractivity contribution >= 4 is 23.4 Å². The Morgan fingerprint density at radius 3 is 2.44 bits per heavy atom. The minimum absolute atomic E-state index is 0.0952. The molecular formula is C29H33ClF4N2O3. The summed E-state index contributed by atoms with van der Waals surface area (Å²) in [7, 11) is 0. The van der Waals surface area contributed by atoms with Gasteiger partial charge in [0, 0.05) is 13.1 Å². The fraction of sp³-hybridized carbons (Fsp3) is 0.448. The molecule has 1 atom stereocenters. The Hall–Kier alpha value is -3.07. The van der Waals surface area contributed by atoms with Crippen molar-refractivity contribution in [1.82, 2.24) is 10.2 Å². The highest BCUT2D eigenvalue weighted by Gasteiger charge is 2.45. The molecule has 0 unspecified atom stereocenters. The topological polar surface area (TPSA) is 58.6 Å². The number of piperidine rings is 1. The van der Waals surface area contributed by atoms with Crippen LogP contribution in [0.3, 0.4) is 0 Å². The normalized spacial score (nSPS) is 15.2. The molecule has 0 aromatic heterocycles. The summed E-state index contributed by atoms with van der Waals surface area (Å²) in [6.07, 6.45) is 1.99. The Balaban J connectivity index is 1.40. The first-order chi connectivity index (χ1) is 18.6. The third-order valence-electron chi connectivity index (χ3n) is 6.84. The quantitative estimate of drug-likeness (QED) is 0.166. The van der Waals surface area contributed by atoms with E-state index in [1.54, 1.807) is 36.4 Å². The summed E-state index contributed by atoms with van der Waals surface area (Å²) < 4.78 is 59.6. The van der Waals surface area contributed by atoms with Crippen molar-refractivity contribution in [2.45, 2.75) is 50.4 Å². The van der Waals surface area contributed by atoms with Crippen molar-refractivity contribution in [3.63, 3.8) is 0 Å². The number of carbonyl (C=O) groups excluding carboxylic acids is 2. The molecule has 1 N–H and O–H groups in total. The van der Waals surface area contributed by atoms with Crippen LogP contribution >= 0.6 is 11.6 Å². The van der Waals surface area contributed by atoms with E-state index < -0.39 is 36.6 Å². The molecule has 2 aromatic rings. The molecule has 1 aliphatic rings. The van der Waals surface area contributed by atoms with Crippen LogP contribution in [0.15, 0.2) is 61.2 Å². The van der Waals surface area contributed by atoms with Gasteiger partial charge in [0.15, 0.2) is 0 Å². The number of hydrogen-bond acceptors (Lipinski definition) is 3. The van der Waals surface area contributed by atoms with Crippen LogP contribution < -0.4 is 10.1 Å². The fourth-order valence-corrected chi connectivity index (χ4v) is 4.93. The molecule has 10 heteroatoms. The second kappa shape index (κ2) is 14.4. The molecule has 1 aliphatic heterocycles. The van der Waals surface area contributed by atoms with Gasteiger partial charge in [-0.1, -0.05) is 54.9 Å². The van der Waals surface area contributed by atoms with Crippen LogP contribution in [0.5, 0.6) is 5.75 Å². The monoisotopic (exact) mass is 568 g/mol. The number of likely N-dealkylation sites (tertiary alicyclic amines) is 1. The zero-order valence-corrected chi connectivity index (χ0v) is 22.3. The van der Waals surface area contributed by atoms with Gasteiger partial charge in [-0.25, -0.2) is 17.6 Å². The second-order valence-electron chi connectivity index (χ2n) is 9.58. The lowest BCUT2D eigenvalue weighted by Crippen LogP contribution is -2.45. The number of nitrogens with one attached hydrogen (secondary N) is 1. The molecule has 0 aliphatic carbocycles. The number of amides is 2. The molecule has 212 valence electrons. The maximum atomic E-state index is 14.7. The average molecular weight is 569 g/mol.